The molecule has 3 nitrogen and oxygen atoms in total. The number of aliphatic hydroxyl groups excluding tert-OH is 1. The van der Waals surface area contributed by atoms with Crippen molar-refractivity contribution >= 4 is 0 Å². The van der Waals surface area contributed by atoms with E-state index in [1.165, 1.54) is 0 Å². The molecule has 1 atom stereocenters. The first-order valence-corrected chi connectivity index (χ1v) is 4.15. The second-order valence-electron chi connectivity index (χ2n) is 3.20. The summed E-state index contributed by atoms with van der Waals surface area (Å²) in [6, 6.07) is 0. The Morgan fingerprint density at radius 1 is 1.64 bits per heavy atom. The Bertz CT molecular complexity index is 121. The zero-order valence-corrected chi connectivity index (χ0v) is 7.34. The molecule has 0 saturated carbocycles. The number of rotatable bonds is 3. The first kappa shape index (κ1) is 8.97. The van der Waals surface area contributed by atoms with Gasteiger partial charge >= 0.3 is 0 Å². The van der Waals surface area contributed by atoms with E-state index in [0.717, 1.165) is 19.6 Å². The molecule has 3 heteroatoms. The molecule has 0 radical (unpaired) electrons. The molecule has 1 saturated heterocycles. The van der Waals surface area contributed by atoms with Gasteiger partial charge in [-0.3, -0.25) is 4.90 Å². The molecule has 0 aromatic carbocycles. The number of likely N-dealkylation sites (N-methyl/N-ethyl adjacent to an activating group) is 1. The van der Waals surface area contributed by atoms with Gasteiger partial charge < -0.3 is 9.84 Å². The molecule has 1 aliphatic rings. The van der Waals surface area contributed by atoms with Gasteiger partial charge in [0.1, 0.15) is 0 Å². The zero-order chi connectivity index (χ0) is 8.32. The first-order chi connectivity index (χ1) is 5.25. The van der Waals surface area contributed by atoms with Crippen molar-refractivity contribution in [3.05, 3.63) is 0 Å². The van der Waals surface area contributed by atoms with Gasteiger partial charge in [0.2, 0.25) is 0 Å². The highest BCUT2D eigenvalue weighted by molar-refractivity contribution is 4.91. The summed E-state index contributed by atoms with van der Waals surface area (Å²) in [5.74, 6) is 0. The van der Waals surface area contributed by atoms with Crippen molar-refractivity contribution in [1.29, 1.82) is 0 Å². The quantitative estimate of drug-likeness (QED) is 0.633. The molecule has 0 bridgehead atoms. The molecule has 0 spiro atoms. The summed E-state index contributed by atoms with van der Waals surface area (Å²) in [7, 11) is 2.03. The van der Waals surface area contributed by atoms with Crippen molar-refractivity contribution in [2.45, 2.75) is 18.9 Å². The van der Waals surface area contributed by atoms with Crippen LogP contribution in [0.15, 0.2) is 0 Å². The topological polar surface area (TPSA) is 32.7 Å². The van der Waals surface area contributed by atoms with Crippen LogP contribution in [0.4, 0.5) is 0 Å². The molecule has 11 heavy (non-hydrogen) atoms. The van der Waals surface area contributed by atoms with Crippen molar-refractivity contribution in [1.82, 2.24) is 4.90 Å². The first-order valence-electron chi connectivity index (χ1n) is 4.15. The van der Waals surface area contributed by atoms with Gasteiger partial charge in [0.05, 0.1) is 18.8 Å². The largest absolute Gasteiger partial charge is 0.394 e. The monoisotopic (exact) mass is 159 g/mol. The van der Waals surface area contributed by atoms with E-state index < -0.39 is 0 Å². The Morgan fingerprint density at radius 2 is 2.36 bits per heavy atom. The number of nitrogens with zero attached hydrogens (tertiary/aromatic N) is 1. The SMILES string of the molecule is CCN(C)C1(CO)CCOC1. The van der Waals surface area contributed by atoms with Gasteiger partial charge in [0, 0.05) is 6.61 Å². The normalized spacial score (nSPS) is 31.6. The van der Waals surface area contributed by atoms with Crippen LogP contribution >= 0.6 is 0 Å². The summed E-state index contributed by atoms with van der Waals surface area (Å²) in [5, 5.41) is 9.20. The van der Waals surface area contributed by atoms with Crippen LogP contribution in [0, 0.1) is 0 Å². The molecular weight excluding hydrogens is 142 g/mol. The molecule has 1 fully saturated rings. The zero-order valence-electron chi connectivity index (χ0n) is 7.34. The predicted octanol–water partition coefficient (Wildman–Crippen LogP) is 0.0895. The van der Waals surface area contributed by atoms with Crippen LogP contribution < -0.4 is 0 Å². The van der Waals surface area contributed by atoms with E-state index in [4.69, 9.17) is 4.74 Å². The molecule has 0 aromatic rings. The minimum Gasteiger partial charge on any atom is -0.394 e. The minimum absolute atomic E-state index is 0.0885. The maximum Gasteiger partial charge on any atom is 0.0695 e. The lowest BCUT2D eigenvalue weighted by molar-refractivity contribution is 0.0396. The Morgan fingerprint density at radius 3 is 2.73 bits per heavy atom. The molecule has 66 valence electrons. The molecule has 1 N–H and O–H groups in total. The van der Waals surface area contributed by atoms with Gasteiger partial charge in [0.25, 0.3) is 0 Å². The maximum absolute atomic E-state index is 9.20. The molecular formula is C8H17NO2. The van der Waals surface area contributed by atoms with Crippen molar-refractivity contribution in [3.63, 3.8) is 0 Å². The summed E-state index contributed by atoms with van der Waals surface area (Å²) in [6.45, 7) is 4.72. The smallest absolute Gasteiger partial charge is 0.0695 e. The van der Waals surface area contributed by atoms with Crippen LogP contribution in [-0.2, 0) is 4.74 Å². The molecule has 0 aliphatic carbocycles. The average Bonchev–Trinajstić information content (AvgIpc) is 2.52. The highest BCUT2D eigenvalue weighted by atomic mass is 16.5. The maximum atomic E-state index is 9.20. The number of hydrogen-bond donors (Lipinski definition) is 1. The lowest BCUT2D eigenvalue weighted by Crippen LogP contribution is -2.50. The highest BCUT2D eigenvalue weighted by Crippen LogP contribution is 2.23. The van der Waals surface area contributed by atoms with Gasteiger partial charge in [-0.05, 0) is 20.0 Å². The lowest BCUT2D eigenvalue weighted by atomic mass is 9.98. The third kappa shape index (κ3) is 1.55. The van der Waals surface area contributed by atoms with Crippen LogP contribution in [0.5, 0.6) is 0 Å². The summed E-state index contributed by atoms with van der Waals surface area (Å²) < 4.78 is 5.27. The second-order valence-corrected chi connectivity index (χ2v) is 3.20. The summed E-state index contributed by atoms with van der Waals surface area (Å²) in [5.41, 5.74) is -0.0885. The highest BCUT2D eigenvalue weighted by Gasteiger charge is 2.37. The van der Waals surface area contributed by atoms with Crippen molar-refractivity contribution in [3.8, 4) is 0 Å². The number of aliphatic hydroxyl groups is 1. The Kier molecular flexibility index (Phi) is 2.87. The van der Waals surface area contributed by atoms with Crippen molar-refractivity contribution < 1.29 is 9.84 Å². The van der Waals surface area contributed by atoms with Crippen LogP contribution in [-0.4, -0.2) is 49.0 Å². The summed E-state index contributed by atoms with van der Waals surface area (Å²) >= 11 is 0. The van der Waals surface area contributed by atoms with Gasteiger partial charge in [-0.1, -0.05) is 6.92 Å². The fourth-order valence-corrected chi connectivity index (χ4v) is 1.48. The van der Waals surface area contributed by atoms with E-state index in [2.05, 4.69) is 11.8 Å². The van der Waals surface area contributed by atoms with E-state index in [1.807, 2.05) is 7.05 Å². The Hall–Kier alpha value is -0.120. The molecule has 1 rings (SSSR count). The minimum atomic E-state index is -0.0885. The number of hydrogen-bond acceptors (Lipinski definition) is 3. The van der Waals surface area contributed by atoms with Crippen LogP contribution in [0.2, 0.25) is 0 Å². The van der Waals surface area contributed by atoms with E-state index in [0.29, 0.717) is 6.61 Å². The molecule has 1 unspecified atom stereocenters. The summed E-state index contributed by atoms with van der Waals surface area (Å²) in [6.07, 6.45) is 0.952. The van der Waals surface area contributed by atoms with Crippen LogP contribution in [0.25, 0.3) is 0 Å². The van der Waals surface area contributed by atoms with Gasteiger partial charge in [-0.15, -0.1) is 0 Å². The standard InChI is InChI=1S/C8H17NO2/c1-3-9(2)8(6-10)4-5-11-7-8/h10H,3-7H2,1-2H3. The van der Waals surface area contributed by atoms with Gasteiger partial charge in [-0.2, -0.15) is 0 Å². The van der Waals surface area contributed by atoms with Crippen molar-refractivity contribution in [2.75, 3.05) is 33.4 Å². The van der Waals surface area contributed by atoms with E-state index in [9.17, 15) is 5.11 Å². The lowest BCUT2D eigenvalue weighted by Gasteiger charge is -2.34. The second kappa shape index (κ2) is 3.52. The summed E-state index contributed by atoms with van der Waals surface area (Å²) in [4.78, 5) is 2.17. The van der Waals surface area contributed by atoms with Crippen molar-refractivity contribution in [2.24, 2.45) is 0 Å². The third-order valence-electron chi connectivity index (χ3n) is 2.66. The van der Waals surface area contributed by atoms with Crippen LogP contribution in [0.3, 0.4) is 0 Å². The number of ether oxygens (including phenoxy) is 1. The van der Waals surface area contributed by atoms with E-state index >= 15 is 0 Å². The fourth-order valence-electron chi connectivity index (χ4n) is 1.48. The average molecular weight is 159 g/mol. The van der Waals surface area contributed by atoms with Gasteiger partial charge in [0.15, 0.2) is 0 Å². The fraction of sp³-hybridized carbons (Fsp3) is 1.00. The molecule has 1 heterocycles. The van der Waals surface area contributed by atoms with Gasteiger partial charge in [-0.25, -0.2) is 0 Å². The van der Waals surface area contributed by atoms with Crippen LogP contribution in [0.1, 0.15) is 13.3 Å². The predicted molar refractivity (Wildman–Crippen MR) is 43.6 cm³/mol. The third-order valence-corrected chi connectivity index (χ3v) is 2.66. The molecule has 0 aromatic heterocycles. The van der Waals surface area contributed by atoms with E-state index in [-0.39, 0.29) is 12.1 Å². The molecule has 1 aliphatic heterocycles. The Labute approximate surface area is 68.0 Å². The molecule has 0 amide bonds. The van der Waals surface area contributed by atoms with E-state index in [1.54, 1.807) is 0 Å². The Balaban J connectivity index is 2.58.